The third kappa shape index (κ3) is 7.11. The van der Waals surface area contributed by atoms with Crippen molar-refractivity contribution in [1.82, 2.24) is 0 Å². The van der Waals surface area contributed by atoms with Crippen molar-refractivity contribution >= 4 is 17.5 Å². The fourth-order valence-electron chi connectivity index (χ4n) is 3.99. The van der Waals surface area contributed by atoms with Crippen molar-refractivity contribution < 1.29 is 14.3 Å². The van der Waals surface area contributed by atoms with Crippen LogP contribution in [0.25, 0.3) is 0 Å². The molecule has 37 heavy (non-hydrogen) atoms. The molecule has 0 aliphatic carbocycles. The van der Waals surface area contributed by atoms with Crippen LogP contribution in [0, 0.1) is 0 Å². The number of hydrogen-bond donors (Lipinski definition) is 0. The Labute approximate surface area is 218 Å². The average molecular weight is 490 g/mol. The van der Waals surface area contributed by atoms with Gasteiger partial charge in [0.05, 0.1) is 5.71 Å². The van der Waals surface area contributed by atoms with Crippen molar-refractivity contribution in [3.8, 4) is 0 Å². The Morgan fingerprint density at radius 2 is 1.08 bits per heavy atom. The third-order valence-electron chi connectivity index (χ3n) is 5.74. The number of carbonyl (C=O) groups excluding carboxylic acids is 2. The maximum atomic E-state index is 13.3. The van der Waals surface area contributed by atoms with Gasteiger partial charge >= 0.3 is 5.97 Å². The SMILES string of the molecule is CC(C)(C)OC(=O)[C@@H](Cc1ccc(C(=O)c2ccccc2)cc1)N=C(c1ccccc1)c1ccccc1. The van der Waals surface area contributed by atoms with Gasteiger partial charge in [-0.1, -0.05) is 115 Å². The highest BCUT2D eigenvalue weighted by molar-refractivity contribution is 6.13. The second-order valence-corrected chi connectivity index (χ2v) is 9.86. The molecule has 0 saturated carbocycles. The maximum absolute atomic E-state index is 13.3. The summed E-state index contributed by atoms with van der Waals surface area (Å²) in [7, 11) is 0. The van der Waals surface area contributed by atoms with Gasteiger partial charge in [0, 0.05) is 28.7 Å². The van der Waals surface area contributed by atoms with Crippen LogP contribution >= 0.6 is 0 Å². The highest BCUT2D eigenvalue weighted by atomic mass is 16.6. The van der Waals surface area contributed by atoms with Gasteiger partial charge in [-0.15, -0.1) is 0 Å². The Hall–Kier alpha value is -4.31. The van der Waals surface area contributed by atoms with Gasteiger partial charge in [0.1, 0.15) is 5.60 Å². The van der Waals surface area contributed by atoms with E-state index in [0.29, 0.717) is 17.5 Å². The lowest BCUT2D eigenvalue weighted by Crippen LogP contribution is -2.33. The van der Waals surface area contributed by atoms with E-state index in [1.54, 1.807) is 24.3 Å². The summed E-state index contributed by atoms with van der Waals surface area (Å²) in [6, 6.07) is 35.5. The molecule has 4 aromatic rings. The van der Waals surface area contributed by atoms with Crippen molar-refractivity contribution in [2.45, 2.75) is 38.8 Å². The minimum absolute atomic E-state index is 0.0377. The van der Waals surface area contributed by atoms with Crippen molar-refractivity contribution in [1.29, 1.82) is 0 Å². The van der Waals surface area contributed by atoms with E-state index in [0.717, 1.165) is 22.4 Å². The smallest absolute Gasteiger partial charge is 0.331 e. The van der Waals surface area contributed by atoms with E-state index in [1.165, 1.54) is 0 Å². The van der Waals surface area contributed by atoms with Crippen LogP contribution in [0.1, 0.15) is 53.4 Å². The van der Waals surface area contributed by atoms with Gasteiger partial charge < -0.3 is 4.74 Å². The zero-order valence-corrected chi connectivity index (χ0v) is 21.4. The van der Waals surface area contributed by atoms with Gasteiger partial charge in [-0.3, -0.25) is 9.79 Å². The fourth-order valence-corrected chi connectivity index (χ4v) is 3.99. The molecular formula is C33H31NO3. The molecular weight excluding hydrogens is 458 g/mol. The summed E-state index contributed by atoms with van der Waals surface area (Å²) < 4.78 is 5.76. The molecule has 0 spiro atoms. The van der Waals surface area contributed by atoms with Gasteiger partial charge in [-0.25, -0.2) is 4.79 Å². The molecule has 0 radical (unpaired) electrons. The summed E-state index contributed by atoms with van der Waals surface area (Å²) in [6.45, 7) is 5.56. The molecule has 0 aliphatic rings. The number of hydrogen-bond acceptors (Lipinski definition) is 4. The molecule has 0 amide bonds. The minimum atomic E-state index is -0.759. The first kappa shape index (κ1) is 25.8. The van der Waals surface area contributed by atoms with Crippen molar-refractivity contribution in [2.24, 2.45) is 4.99 Å². The quantitative estimate of drug-likeness (QED) is 0.157. The first-order chi connectivity index (χ1) is 17.8. The number of aliphatic imine (C=N–C) groups is 1. The minimum Gasteiger partial charge on any atom is -0.458 e. The first-order valence-corrected chi connectivity index (χ1v) is 12.4. The van der Waals surface area contributed by atoms with Gasteiger partial charge in [0.25, 0.3) is 0 Å². The summed E-state index contributed by atoms with van der Waals surface area (Å²) >= 11 is 0. The topological polar surface area (TPSA) is 55.7 Å². The van der Waals surface area contributed by atoms with Crippen LogP contribution in [0.15, 0.2) is 120 Å². The maximum Gasteiger partial charge on any atom is 0.331 e. The molecule has 4 rings (SSSR count). The Morgan fingerprint density at radius 3 is 1.54 bits per heavy atom. The van der Waals surface area contributed by atoms with Gasteiger partial charge in [-0.05, 0) is 26.3 Å². The van der Waals surface area contributed by atoms with Gasteiger partial charge in [0.15, 0.2) is 11.8 Å². The van der Waals surface area contributed by atoms with Gasteiger partial charge in [0.2, 0.25) is 0 Å². The number of esters is 1. The van der Waals surface area contributed by atoms with E-state index >= 15 is 0 Å². The summed E-state index contributed by atoms with van der Waals surface area (Å²) in [5, 5.41) is 0. The van der Waals surface area contributed by atoms with Crippen molar-refractivity contribution in [2.75, 3.05) is 0 Å². The average Bonchev–Trinajstić information content (AvgIpc) is 2.91. The van der Waals surface area contributed by atoms with Crippen LogP contribution in [0.3, 0.4) is 0 Å². The Balaban J connectivity index is 1.68. The highest BCUT2D eigenvalue weighted by Crippen LogP contribution is 2.19. The van der Waals surface area contributed by atoms with Crippen LogP contribution in [0.5, 0.6) is 0 Å². The van der Waals surface area contributed by atoms with E-state index in [1.807, 2.05) is 112 Å². The molecule has 186 valence electrons. The molecule has 4 aromatic carbocycles. The molecule has 4 nitrogen and oxygen atoms in total. The molecule has 0 fully saturated rings. The molecule has 0 saturated heterocycles. The number of ketones is 1. The van der Waals surface area contributed by atoms with Crippen LogP contribution < -0.4 is 0 Å². The summed E-state index contributed by atoms with van der Waals surface area (Å²) in [6.07, 6.45) is 0.345. The summed E-state index contributed by atoms with van der Waals surface area (Å²) in [4.78, 5) is 31.1. The van der Waals surface area contributed by atoms with E-state index < -0.39 is 11.6 Å². The van der Waals surface area contributed by atoms with Crippen LogP contribution in [0.2, 0.25) is 0 Å². The van der Waals surface area contributed by atoms with Crippen LogP contribution in [-0.2, 0) is 16.0 Å². The van der Waals surface area contributed by atoms with E-state index in [9.17, 15) is 9.59 Å². The molecule has 0 aliphatic heterocycles. The molecule has 0 heterocycles. The van der Waals surface area contributed by atoms with Crippen molar-refractivity contribution in [3.63, 3.8) is 0 Å². The lowest BCUT2D eigenvalue weighted by atomic mass is 9.98. The number of ether oxygens (including phenoxy) is 1. The number of rotatable bonds is 8. The number of nitrogens with zero attached hydrogens (tertiary/aromatic N) is 1. The second-order valence-electron chi connectivity index (χ2n) is 9.86. The molecule has 0 N–H and O–H groups in total. The van der Waals surface area contributed by atoms with Gasteiger partial charge in [-0.2, -0.15) is 0 Å². The molecule has 0 bridgehead atoms. The number of benzene rings is 4. The second kappa shape index (κ2) is 11.6. The predicted octanol–water partition coefficient (Wildman–Crippen LogP) is 6.71. The summed E-state index contributed by atoms with van der Waals surface area (Å²) in [5.74, 6) is -0.425. The van der Waals surface area contributed by atoms with E-state index in [4.69, 9.17) is 9.73 Å². The Bertz CT molecular complexity index is 1310. The number of carbonyl (C=O) groups is 2. The first-order valence-electron chi connectivity index (χ1n) is 12.4. The third-order valence-corrected chi connectivity index (χ3v) is 5.74. The van der Waals surface area contributed by atoms with Crippen LogP contribution in [-0.4, -0.2) is 29.1 Å². The Kier molecular flexibility index (Phi) is 8.09. The zero-order chi connectivity index (χ0) is 26.3. The van der Waals surface area contributed by atoms with E-state index in [2.05, 4.69) is 0 Å². The Morgan fingerprint density at radius 1 is 0.649 bits per heavy atom. The van der Waals surface area contributed by atoms with E-state index in [-0.39, 0.29) is 11.8 Å². The standard InChI is InChI=1S/C33H31NO3/c1-33(2,3)37-32(36)29(34-30(25-13-7-4-8-14-25)26-15-9-5-10-16-26)23-24-19-21-28(22-20-24)31(35)27-17-11-6-12-18-27/h4-22,29H,23H2,1-3H3/t29-/m1/s1. The molecule has 0 unspecified atom stereocenters. The lowest BCUT2D eigenvalue weighted by Gasteiger charge is -2.23. The fraction of sp³-hybridized carbons (Fsp3) is 0.182. The monoisotopic (exact) mass is 489 g/mol. The molecule has 1 atom stereocenters. The highest BCUT2D eigenvalue weighted by Gasteiger charge is 2.26. The van der Waals surface area contributed by atoms with Crippen molar-refractivity contribution in [3.05, 3.63) is 143 Å². The van der Waals surface area contributed by atoms with Crippen LogP contribution in [0.4, 0.5) is 0 Å². The predicted molar refractivity (Wildman–Crippen MR) is 148 cm³/mol. The zero-order valence-electron chi connectivity index (χ0n) is 21.4. The largest absolute Gasteiger partial charge is 0.458 e. The summed E-state index contributed by atoms with van der Waals surface area (Å²) in [5.41, 5.74) is 4.06. The molecule has 0 aromatic heterocycles. The normalized spacial score (nSPS) is 11.9. The molecule has 4 heteroatoms. The lowest BCUT2D eigenvalue weighted by molar-refractivity contribution is -0.156.